The zero-order chi connectivity index (χ0) is 12.2. The second-order valence-corrected chi connectivity index (χ2v) is 4.86. The van der Waals surface area contributed by atoms with E-state index in [0.29, 0.717) is 5.89 Å². The van der Waals surface area contributed by atoms with Gasteiger partial charge in [-0.15, -0.1) is 10.2 Å². The van der Waals surface area contributed by atoms with Crippen LogP contribution in [0.15, 0.2) is 4.42 Å². The van der Waals surface area contributed by atoms with E-state index in [0.717, 1.165) is 25.3 Å². The maximum absolute atomic E-state index is 5.71. The standard InChI is InChI=1S/C12H23N3O/c1-6-8-13-9(3)10-14-15-11(16-10)12(4,5)7-2/h9,13H,6-8H2,1-5H3. The second kappa shape index (κ2) is 5.43. The summed E-state index contributed by atoms with van der Waals surface area (Å²) in [7, 11) is 0. The van der Waals surface area contributed by atoms with E-state index in [-0.39, 0.29) is 11.5 Å². The average molecular weight is 225 g/mol. The van der Waals surface area contributed by atoms with Gasteiger partial charge in [-0.1, -0.05) is 27.7 Å². The van der Waals surface area contributed by atoms with Crippen LogP contribution in [0.2, 0.25) is 0 Å². The van der Waals surface area contributed by atoms with Gasteiger partial charge >= 0.3 is 0 Å². The van der Waals surface area contributed by atoms with Crippen molar-refractivity contribution in [1.82, 2.24) is 15.5 Å². The third-order valence-electron chi connectivity index (χ3n) is 2.97. The van der Waals surface area contributed by atoms with Gasteiger partial charge in [-0.25, -0.2) is 0 Å². The third kappa shape index (κ3) is 3.04. The Balaban J connectivity index is 2.71. The van der Waals surface area contributed by atoms with E-state index < -0.39 is 0 Å². The second-order valence-electron chi connectivity index (χ2n) is 4.86. The molecular formula is C12H23N3O. The Morgan fingerprint density at radius 2 is 2.00 bits per heavy atom. The van der Waals surface area contributed by atoms with Crippen molar-refractivity contribution in [2.24, 2.45) is 0 Å². The Morgan fingerprint density at radius 1 is 1.31 bits per heavy atom. The van der Waals surface area contributed by atoms with Gasteiger partial charge in [0.25, 0.3) is 0 Å². The maximum atomic E-state index is 5.71. The molecule has 1 heterocycles. The molecule has 4 nitrogen and oxygen atoms in total. The average Bonchev–Trinajstić information content (AvgIpc) is 2.75. The van der Waals surface area contributed by atoms with Crippen LogP contribution in [0.4, 0.5) is 0 Å². The van der Waals surface area contributed by atoms with Gasteiger partial charge in [0.15, 0.2) is 0 Å². The van der Waals surface area contributed by atoms with Crippen molar-refractivity contribution in [3.63, 3.8) is 0 Å². The molecule has 1 aromatic heterocycles. The minimum atomic E-state index is -0.0320. The van der Waals surface area contributed by atoms with Gasteiger partial charge in [0.2, 0.25) is 11.8 Å². The largest absolute Gasteiger partial charge is 0.423 e. The van der Waals surface area contributed by atoms with Crippen molar-refractivity contribution in [3.05, 3.63) is 11.8 Å². The minimum Gasteiger partial charge on any atom is -0.423 e. The Hall–Kier alpha value is -0.900. The maximum Gasteiger partial charge on any atom is 0.233 e. The molecule has 16 heavy (non-hydrogen) atoms. The first-order chi connectivity index (χ1) is 7.51. The Kier molecular flexibility index (Phi) is 4.47. The van der Waals surface area contributed by atoms with Crippen LogP contribution in [0.25, 0.3) is 0 Å². The molecule has 0 spiro atoms. The summed E-state index contributed by atoms with van der Waals surface area (Å²) in [5.41, 5.74) is -0.0320. The van der Waals surface area contributed by atoms with E-state index in [1.54, 1.807) is 0 Å². The Labute approximate surface area is 97.8 Å². The molecule has 0 amide bonds. The molecule has 0 saturated carbocycles. The summed E-state index contributed by atoms with van der Waals surface area (Å²) in [5, 5.41) is 11.6. The highest BCUT2D eigenvalue weighted by Gasteiger charge is 2.26. The molecule has 0 aliphatic heterocycles. The molecule has 0 bridgehead atoms. The third-order valence-corrected chi connectivity index (χ3v) is 2.97. The monoisotopic (exact) mass is 225 g/mol. The van der Waals surface area contributed by atoms with E-state index in [9.17, 15) is 0 Å². The molecular weight excluding hydrogens is 202 g/mol. The van der Waals surface area contributed by atoms with Crippen LogP contribution in [0.1, 0.15) is 65.3 Å². The first kappa shape index (κ1) is 13.2. The summed E-state index contributed by atoms with van der Waals surface area (Å²) in [6.45, 7) is 11.5. The van der Waals surface area contributed by atoms with Gasteiger partial charge in [0, 0.05) is 5.41 Å². The molecule has 0 aromatic carbocycles. The number of aromatic nitrogens is 2. The smallest absolute Gasteiger partial charge is 0.233 e. The number of hydrogen-bond donors (Lipinski definition) is 1. The lowest BCUT2D eigenvalue weighted by molar-refractivity contribution is 0.325. The van der Waals surface area contributed by atoms with Gasteiger partial charge in [-0.05, 0) is 26.3 Å². The van der Waals surface area contributed by atoms with Crippen LogP contribution in [0.3, 0.4) is 0 Å². The molecule has 1 aromatic rings. The topological polar surface area (TPSA) is 51.0 Å². The fraction of sp³-hybridized carbons (Fsp3) is 0.833. The fourth-order valence-electron chi connectivity index (χ4n) is 1.28. The quantitative estimate of drug-likeness (QED) is 0.808. The molecule has 0 aliphatic carbocycles. The molecule has 0 radical (unpaired) electrons. The zero-order valence-corrected chi connectivity index (χ0v) is 11.0. The van der Waals surface area contributed by atoms with Crippen molar-refractivity contribution in [3.8, 4) is 0 Å². The zero-order valence-electron chi connectivity index (χ0n) is 11.0. The summed E-state index contributed by atoms with van der Waals surface area (Å²) in [6.07, 6.45) is 2.09. The summed E-state index contributed by atoms with van der Waals surface area (Å²) in [4.78, 5) is 0. The lowest BCUT2D eigenvalue weighted by Gasteiger charge is -2.16. The molecule has 0 saturated heterocycles. The van der Waals surface area contributed by atoms with Crippen molar-refractivity contribution in [2.45, 2.75) is 58.9 Å². The van der Waals surface area contributed by atoms with E-state index >= 15 is 0 Å². The predicted molar refractivity (Wildman–Crippen MR) is 64.3 cm³/mol. The van der Waals surface area contributed by atoms with Crippen LogP contribution >= 0.6 is 0 Å². The highest BCUT2D eigenvalue weighted by Crippen LogP contribution is 2.26. The molecule has 0 aliphatic rings. The van der Waals surface area contributed by atoms with Crippen molar-refractivity contribution in [2.75, 3.05) is 6.54 Å². The Bertz CT molecular complexity index is 320. The molecule has 1 atom stereocenters. The van der Waals surface area contributed by atoms with E-state index in [1.807, 2.05) is 6.92 Å². The highest BCUT2D eigenvalue weighted by molar-refractivity contribution is 4.99. The van der Waals surface area contributed by atoms with Crippen LogP contribution in [0, 0.1) is 0 Å². The van der Waals surface area contributed by atoms with E-state index in [2.05, 4.69) is 43.2 Å². The molecule has 1 unspecified atom stereocenters. The van der Waals surface area contributed by atoms with Gasteiger partial charge < -0.3 is 9.73 Å². The Morgan fingerprint density at radius 3 is 2.56 bits per heavy atom. The predicted octanol–water partition coefficient (Wildman–Crippen LogP) is 2.82. The molecule has 1 N–H and O–H groups in total. The van der Waals surface area contributed by atoms with Crippen LogP contribution < -0.4 is 5.32 Å². The SMILES string of the molecule is CCCNC(C)c1nnc(C(C)(C)CC)o1. The minimum absolute atomic E-state index is 0.0320. The van der Waals surface area contributed by atoms with E-state index in [1.165, 1.54) is 0 Å². The van der Waals surface area contributed by atoms with Gasteiger partial charge in [0.1, 0.15) is 0 Å². The summed E-state index contributed by atoms with van der Waals surface area (Å²) in [5.74, 6) is 1.42. The van der Waals surface area contributed by atoms with Gasteiger partial charge in [-0.2, -0.15) is 0 Å². The number of nitrogens with one attached hydrogen (secondary N) is 1. The lowest BCUT2D eigenvalue weighted by Crippen LogP contribution is -2.19. The number of rotatable bonds is 6. The van der Waals surface area contributed by atoms with Gasteiger partial charge in [-0.3, -0.25) is 0 Å². The molecule has 0 fully saturated rings. The number of hydrogen-bond acceptors (Lipinski definition) is 4. The highest BCUT2D eigenvalue weighted by atomic mass is 16.4. The first-order valence-corrected chi connectivity index (χ1v) is 6.08. The number of nitrogens with zero attached hydrogens (tertiary/aromatic N) is 2. The summed E-state index contributed by atoms with van der Waals surface area (Å²) in [6, 6.07) is 0.133. The lowest BCUT2D eigenvalue weighted by atomic mass is 9.90. The summed E-state index contributed by atoms with van der Waals surface area (Å²) >= 11 is 0. The normalized spacial score (nSPS) is 14.1. The van der Waals surface area contributed by atoms with Crippen molar-refractivity contribution in [1.29, 1.82) is 0 Å². The van der Waals surface area contributed by atoms with Crippen molar-refractivity contribution < 1.29 is 4.42 Å². The van der Waals surface area contributed by atoms with Crippen LogP contribution in [-0.4, -0.2) is 16.7 Å². The first-order valence-electron chi connectivity index (χ1n) is 6.08. The molecule has 92 valence electrons. The summed E-state index contributed by atoms with van der Waals surface area (Å²) < 4.78 is 5.71. The van der Waals surface area contributed by atoms with E-state index in [4.69, 9.17) is 4.42 Å². The van der Waals surface area contributed by atoms with Crippen molar-refractivity contribution >= 4 is 0 Å². The molecule has 1 rings (SSSR count). The fourth-order valence-corrected chi connectivity index (χ4v) is 1.28. The van der Waals surface area contributed by atoms with Crippen LogP contribution in [-0.2, 0) is 5.41 Å². The van der Waals surface area contributed by atoms with Gasteiger partial charge in [0.05, 0.1) is 6.04 Å². The molecule has 4 heteroatoms. The van der Waals surface area contributed by atoms with Crippen LogP contribution in [0.5, 0.6) is 0 Å².